The van der Waals surface area contributed by atoms with E-state index in [0.717, 1.165) is 18.7 Å². The van der Waals surface area contributed by atoms with E-state index in [0.29, 0.717) is 5.02 Å². The molecule has 0 saturated carbocycles. The SMILES string of the molecule is CCCn1ncc(Cl)c1C(CS(C)(=O)=O)NC. The van der Waals surface area contributed by atoms with Gasteiger partial charge in [0.05, 0.1) is 28.7 Å². The second-order valence-corrected chi connectivity index (χ2v) is 6.63. The molecule has 5 nitrogen and oxygen atoms in total. The third-order valence-corrected chi connectivity index (χ3v) is 3.65. The van der Waals surface area contributed by atoms with Gasteiger partial charge >= 0.3 is 0 Å². The van der Waals surface area contributed by atoms with Crippen molar-refractivity contribution in [3.8, 4) is 0 Å². The number of nitrogens with zero attached hydrogens (tertiary/aromatic N) is 2. The molecule has 17 heavy (non-hydrogen) atoms. The maximum absolute atomic E-state index is 11.4. The zero-order valence-electron chi connectivity index (χ0n) is 10.3. The Kier molecular flexibility index (Phi) is 4.97. The highest BCUT2D eigenvalue weighted by atomic mass is 35.5. The van der Waals surface area contributed by atoms with Crippen LogP contribution in [-0.2, 0) is 16.4 Å². The fourth-order valence-corrected chi connectivity index (χ4v) is 2.91. The number of aromatic nitrogens is 2. The van der Waals surface area contributed by atoms with Crippen LogP contribution >= 0.6 is 11.6 Å². The van der Waals surface area contributed by atoms with Crippen LogP contribution in [0.2, 0.25) is 5.02 Å². The van der Waals surface area contributed by atoms with E-state index in [1.54, 1.807) is 17.9 Å². The Balaban J connectivity index is 3.06. The minimum Gasteiger partial charge on any atom is -0.311 e. The summed E-state index contributed by atoms with van der Waals surface area (Å²) in [6.45, 7) is 2.76. The van der Waals surface area contributed by atoms with Gasteiger partial charge in [-0.15, -0.1) is 0 Å². The van der Waals surface area contributed by atoms with Crippen molar-refractivity contribution in [1.82, 2.24) is 15.1 Å². The number of nitrogens with one attached hydrogen (secondary N) is 1. The van der Waals surface area contributed by atoms with Crippen LogP contribution in [0.25, 0.3) is 0 Å². The number of rotatable bonds is 6. The summed E-state index contributed by atoms with van der Waals surface area (Å²) in [5.41, 5.74) is 0.737. The molecular weight excluding hydrogens is 262 g/mol. The fourth-order valence-electron chi connectivity index (χ4n) is 1.71. The first-order valence-electron chi connectivity index (χ1n) is 5.45. The van der Waals surface area contributed by atoms with Crippen LogP contribution in [0.1, 0.15) is 25.1 Å². The van der Waals surface area contributed by atoms with E-state index in [1.165, 1.54) is 6.26 Å². The Morgan fingerprint density at radius 2 is 2.24 bits per heavy atom. The van der Waals surface area contributed by atoms with Crippen molar-refractivity contribution < 1.29 is 8.42 Å². The summed E-state index contributed by atoms with van der Waals surface area (Å²) in [4.78, 5) is 0. The molecule has 98 valence electrons. The minimum atomic E-state index is -3.07. The molecular formula is C10H18ClN3O2S. The molecule has 1 aromatic rings. The molecule has 1 atom stereocenters. The molecule has 0 amide bonds. The average Bonchev–Trinajstić information content (AvgIpc) is 2.56. The van der Waals surface area contributed by atoms with Gasteiger partial charge in [0, 0.05) is 12.8 Å². The van der Waals surface area contributed by atoms with Crippen LogP contribution in [0.3, 0.4) is 0 Å². The molecule has 1 heterocycles. The predicted octanol–water partition coefficient (Wildman–Crippen LogP) is 1.25. The Morgan fingerprint density at radius 3 is 2.71 bits per heavy atom. The maximum atomic E-state index is 11.4. The molecule has 1 aromatic heterocycles. The molecule has 0 fully saturated rings. The van der Waals surface area contributed by atoms with Gasteiger partial charge < -0.3 is 5.32 Å². The quantitative estimate of drug-likeness (QED) is 0.851. The molecule has 1 unspecified atom stereocenters. The molecule has 7 heteroatoms. The van der Waals surface area contributed by atoms with E-state index < -0.39 is 9.84 Å². The lowest BCUT2D eigenvalue weighted by Crippen LogP contribution is -2.27. The lowest BCUT2D eigenvalue weighted by molar-refractivity contribution is 0.515. The topological polar surface area (TPSA) is 64.0 Å². The van der Waals surface area contributed by atoms with E-state index in [1.807, 2.05) is 6.92 Å². The smallest absolute Gasteiger partial charge is 0.149 e. The van der Waals surface area contributed by atoms with E-state index in [4.69, 9.17) is 11.6 Å². The first-order chi connectivity index (χ1) is 7.89. The van der Waals surface area contributed by atoms with Gasteiger partial charge in [0.15, 0.2) is 0 Å². The Morgan fingerprint density at radius 1 is 1.59 bits per heavy atom. The monoisotopic (exact) mass is 279 g/mol. The van der Waals surface area contributed by atoms with Gasteiger partial charge in [-0.3, -0.25) is 4.68 Å². The number of halogens is 1. The molecule has 0 bridgehead atoms. The number of aryl methyl sites for hydroxylation is 1. The number of hydrogen-bond donors (Lipinski definition) is 1. The van der Waals surface area contributed by atoms with Crippen LogP contribution in [0.15, 0.2) is 6.20 Å². The van der Waals surface area contributed by atoms with Gasteiger partial charge in [0.25, 0.3) is 0 Å². The Labute approximate surface area is 107 Å². The standard InChI is InChI=1S/C10H18ClN3O2S/c1-4-5-14-10(8(11)6-13-14)9(12-2)7-17(3,15)16/h6,9,12H,4-5,7H2,1-3H3. The van der Waals surface area contributed by atoms with E-state index in [9.17, 15) is 8.42 Å². The maximum Gasteiger partial charge on any atom is 0.149 e. The van der Waals surface area contributed by atoms with Crippen LogP contribution in [0, 0.1) is 0 Å². The summed E-state index contributed by atoms with van der Waals surface area (Å²) >= 11 is 6.06. The lowest BCUT2D eigenvalue weighted by Gasteiger charge is -2.17. The predicted molar refractivity (Wildman–Crippen MR) is 69.0 cm³/mol. The summed E-state index contributed by atoms with van der Waals surface area (Å²) in [7, 11) is -1.35. The van der Waals surface area contributed by atoms with Crippen molar-refractivity contribution in [2.75, 3.05) is 19.1 Å². The lowest BCUT2D eigenvalue weighted by atomic mass is 10.2. The van der Waals surface area contributed by atoms with Crippen LogP contribution in [0.5, 0.6) is 0 Å². The molecule has 1 rings (SSSR count). The number of hydrogen-bond acceptors (Lipinski definition) is 4. The fraction of sp³-hybridized carbons (Fsp3) is 0.700. The summed E-state index contributed by atoms with van der Waals surface area (Å²) < 4.78 is 24.5. The molecule has 0 radical (unpaired) electrons. The van der Waals surface area contributed by atoms with E-state index in [2.05, 4.69) is 10.4 Å². The molecule has 0 aromatic carbocycles. The van der Waals surface area contributed by atoms with Crippen molar-refractivity contribution in [3.63, 3.8) is 0 Å². The second kappa shape index (κ2) is 5.84. The van der Waals surface area contributed by atoms with Gasteiger partial charge in [0.2, 0.25) is 0 Å². The molecule has 0 aliphatic rings. The van der Waals surface area contributed by atoms with E-state index >= 15 is 0 Å². The third kappa shape index (κ3) is 3.97. The van der Waals surface area contributed by atoms with Gasteiger partial charge in [-0.1, -0.05) is 18.5 Å². The van der Waals surface area contributed by atoms with Crippen molar-refractivity contribution in [2.45, 2.75) is 25.9 Å². The van der Waals surface area contributed by atoms with Gasteiger partial charge in [-0.05, 0) is 13.5 Å². The highest BCUT2D eigenvalue weighted by molar-refractivity contribution is 7.90. The second-order valence-electron chi connectivity index (χ2n) is 4.03. The average molecular weight is 280 g/mol. The Bertz CT molecular complexity index is 470. The first-order valence-corrected chi connectivity index (χ1v) is 7.89. The Hall–Kier alpha value is -0.590. The van der Waals surface area contributed by atoms with Crippen LogP contribution < -0.4 is 5.32 Å². The normalized spacial score (nSPS) is 13.9. The van der Waals surface area contributed by atoms with Crippen molar-refractivity contribution in [2.24, 2.45) is 0 Å². The summed E-state index contributed by atoms with van der Waals surface area (Å²) in [5.74, 6) is 0.0125. The van der Waals surface area contributed by atoms with Crippen molar-refractivity contribution in [3.05, 3.63) is 16.9 Å². The molecule has 0 spiro atoms. The van der Waals surface area contributed by atoms with Crippen LogP contribution in [-0.4, -0.2) is 37.3 Å². The molecule has 0 saturated heterocycles. The molecule has 0 aliphatic carbocycles. The largest absolute Gasteiger partial charge is 0.311 e. The molecule has 0 aliphatic heterocycles. The summed E-state index contributed by atoms with van der Waals surface area (Å²) in [6, 6.07) is -0.327. The highest BCUT2D eigenvalue weighted by Gasteiger charge is 2.22. The first kappa shape index (κ1) is 14.5. The third-order valence-electron chi connectivity index (χ3n) is 2.42. The van der Waals surface area contributed by atoms with Crippen LogP contribution in [0.4, 0.5) is 0 Å². The molecule has 1 N–H and O–H groups in total. The van der Waals surface area contributed by atoms with E-state index in [-0.39, 0.29) is 11.8 Å². The highest BCUT2D eigenvalue weighted by Crippen LogP contribution is 2.23. The zero-order valence-corrected chi connectivity index (χ0v) is 11.8. The van der Waals surface area contributed by atoms with Crippen molar-refractivity contribution >= 4 is 21.4 Å². The van der Waals surface area contributed by atoms with Crippen molar-refractivity contribution in [1.29, 1.82) is 0 Å². The van der Waals surface area contributed by atoms with Gasteiger partial charge in [-0.25, -0.2) is 8.42 Å². The van der Waals surface area contributed by atoms with Gasteiger partial charge in [0.1, 0.15) is 9.84 Å². The number of sulfone groups is 1. The minimum absolute atomic E-state index is 0.0125. The summed E-state index contributed by atoms with van der Waals surface area (Å²) in [5, 5.41) is 7.63. The zero-order chi connectivity index (χ0) is 13.1. The summed E-state index contributed by atoms with van der Waals surface area (Å²) in [6.07, 6.45) is 3.69. The van der Waals surface area contributed by atoms with Gasteiger partial charge in [-0.2, -0.15) is 5.10 Å².